The Morgan fingerprint density at radius 3 is 2.10 bits per heavy atom. The van der Waals surface area contributed by atoms with Gasteiger partial charge in [0.15, 0.2) is 5.78 Å². The van der Waals surface area contributed by atoms with Crippen molar-refractivity contribution >= 4 is 12.6 Å². The number of nitrogens with one attached hydrogen (secondary N) is 1. The second kappa shape index (κ2) is 22.1. The molecule has 0 aliphatic heterocycles. The van der Waals surface area contributed by atoms with Gasteiger partial charge in [-0.15, -0.1) is 13.2 Å². The number of benzene rings is 1. The summed E-state index contributed by atoms with van der Waals surface area (Å²) >= 11 is 0. The highest BCUT2D eigenvalue weighted by atomic mass is 16.1. The molecule has 3 rings (SSSR count). The van der Waals surface area contributed by atoms with Gasteiger partial charge in [-0.3, -0.25) is 14.9 Å². The number of aromatic amines is 1. The van der Waals surface area contributed by atoms with Crippen LogP contribution in [0.25, 0.3) is 16.8 Å². The molecule has 0 aliphatic rings. The summed E-state index contributed by atoms with van der Waals surface area (Å²) < 4.78 is 1.84. The zero-order valence-electron chi connectivity index (χ0n) is 25.5. The van der Waals surface area contributed by atoms with Crippen LogP contribution in [0.15, 0.2) is 62.1 Å². The third-order valence-corrected chi connectivity index (χ3v) is 5.52. The number of para-hydroxylation sites is 1. The van der Waals surface area contributed by atoms with E-state index in [0.717, 1.165) is 53.2 Å². The Morgan fingerprint density at radius 2 is 1.59 bits per heavy atom. The summed E-state index contributed by atoms with van der Waals surface area (Å²) in [5.41, 5.74) is 5.80. The second-order valence-electron chi connectivity index (χ2n) is 7.83. The molecule has 3 aromatic rings. The lowest BCUT2D eigenvalue weighted by Crippen LogP contribution is -2.10. The summed E-state index contributed by atoms with van der Waals surface area (Å²) in [6.45, 7) is 25.8. The van der Waals surface area contributed by atoms with Crippen LogP contribution in [0.2, 0.25) is 0 Å². The van der Waals surface area contributed by atoms with Crippen molar-refractivity contribution in [2.45, 2.75) is 87.5 Å². The fourth-order valence-corrected chi connectivity index (χ4v) is 3.92. The number of hydrogen-bond acceptors (Lipinski definition) is 5. The highest BCUT2D eigenvalue weighted by Gasteiger charge is 2.19. The third-order valence-electron chi connectivity index (χ3n) is 5.52. The SMILES string of the molecule is C=C.C=O.CC.CC.CCCC(CC)c1nc(C)c(-c2cnn(-c3ccccc3)c2)cn[nH]c(C)c1C(C)=O. The Labute approximate surface area is 236 Å². The van der Waals surface area contributed by atoms with Crippen molar-refractivity contribution < 1.29 is 9.59 Å². The summed E-state index contributed by atoms with van der Waals surface area (Å²) in [5.74, 6) is 0.212. The first-order chi connectivity index (χ1) is 19.0. The molecule has 7 heteroatoms. The van der Waals surface area contributed by atoms with E-state index in [-0.39, 0.29) is 11.7 Å². The molecule has 0 radical (unpaired) electrons. The lowest BCUT2D eigenvalue weighted by atomic mass is 9.91. The van der Waals surface area contributed by atoms with Crippen molar-refractivity contribution in [3.63, 3.8) is 0 Å². The van der Waals surface area contributed by atoms with Crippen LogP contribution in [0.5, 0.6) is 0 Å². The number of carbonyl (C=O) groups excluding carboxylic acids is 2. The maximum atomic E-state index is 12.6. The fourth-order valence-electron chi connectivity index (χ4n) is 3.92. The number of aryl methyl sites for hydroxylation is 2. The van der Waals surface area contributed by atoms with E-state index < -0.39 is 0 Å². The normalized spacial score (nSPS) is 9.87. The molecule has 1 atom stereocenters. The van der Waals surface area contributed by atoms with Crippen LogP contribution in [0.1, 0.15) is 101 Å². The molecule has 0 aliphatic carbocycles. The van der Waals surface area contributed by atoms with E-state index in [1.807, 2.05) is 95.7 Å². The highest BCUT2D eigenvalue weighted by molar-refractivity contribution is 5.96. The average Bonchev–Trinajstić information content (AvgIpc) is 3.49. The maximum Gasteiger partial charge on any atom is 0.163 e. The summed E-state index contributed by atoms with van der Waals surface area (Å²) in [6.07, 6.45) is 8.49. The van der Waals surface area contributed by atoms with Gasteiger partial charge in [0, 0.05) is 34.6 Å². The molecule has 1 unspecified atom stereocenters. The van der Waals surface area contributed by atoms with Gasteiger partial charge < -0.3 is 4.79 Å². The van der Waals surface area contributed by atoms with Crippen molar-refractivity contribution in [2.24, 2.45) is 0 Å². The molecule has 0 amide bonds. The van der Waals surface area contributed by atoms with Gasteiger partial charge >= 0.3 is 0 Å². The molecule has 0 spiro atoms. The van der Waals surface area contributed by atoms with E-state index in [1.54, 1.807) is 13.1 Å². The first-order valence-corrected chi connectivity index (χ1v) is 13.7. The number of rotatable bonds is 7. The standard InChI is InChI=1S/C25H31N5O.2C2H6.C2H4.CH2O/c1-6-11-20(7-2)25-24(19(5)31)18(4)29-26-15-23(17(3)28-25)21-14-27-30(16-21)22-12-9-8-10-13-22;4*1-2/h8-10,12-16,20,29H,6-7,11H2,1-5H3;2*1-2H3;1-2H2;1H2. The van der Waals surface area contributed by atoms with Crippen molar-refractivity contribution in [2.75, 3.05) is 0 Å². The summed E-state index contributed by atoms with van der Waals surface area (Å²) in [5, 5.41) is 12.0. The topological polar surface area (TPSA) is 93.5 Å². The van der Waals surface area contributed by atoms with E-state index >= 15 is 0 Å². The van der Waals surface area contributed by atoms with E-state index in [1.165, 1.54) is 0 Å². The van der Waals surface area contributed by atoms with E-state index in [4.69, 9.17) is 9.78 Å². The van der Waals surface area contributed by atoms with Gasteiger partial charge in [0.1, 0.15) is 6.79 Å². The van der Waals surface area contributed by atoms with Crippen molar-refractivity contribution in [1.29, 1.82) is 0 Å². The molecular formula is C32H49N5O2. The molecule has 0 bridgehead atoms. The first kappa shape index (κ1) is 37.3. The van der Waals surface area contributed by atoms with Crippen LogP contribution >= 0.6 is 0 Å². The minimum Gasteiger partial charge on any atom is -0.307 e. The van der Waals surface area contributed by atoms with E-state index in [0.29, 0.717) is 5.56 Å². The molecule has 39 heavy (non-hydrogen) atoms. The first-order valence-electron chi connectivity index (χ1n) is 13.7. The lowest BCUT2D eigenvalue weighted by Gasteiger charge is -2.16. The minimum absolute atomic E-state index is 0.00153. The monoisotopic (exact) mass is 535 g/mol. The van der Waals surface area contributed by atoms with Gasteiger partial charge in [-0.1, -0.05) is 66.2 Å². The number of ketones is 1. The smallest absolute Gasteiger partial charge is 0.163 e. The maximum absolute atomic E-state index is 12.6. The van der Waals surface area contributed by atoms with Gasteiger partial charge in [-0.2, -0.15) is 10.2 Å². The zero-order valence-corrected chi connectivity index (χ0v) is 25.5. The summed E-state index contributed by atoms with van der Waals surface area (Å²) in [4.78, 5) is 25.6. The van der Waals surface area contributed by atoms with Crippen LogP contribution in [0.3, 0.4) is 0 Å². The Kier molecular flexibility index (Phi) is 21.2. The molecule has 214 valence electrons. The highest BCUT2D eigenvalue weighted by Crippen LogP contribution is 2.28. The molecule has 0 saturated carbocycles. The van der Waals surface area contributed by atoms with Gasteiger partial charge in [-0.05, 0) is 45.7 Å². The Bertz CT molecular complexity index is 1130. The van der Waals surface area contributed by atoms with Gasteiger partial charge in [0.25, 0.3) is 0 Å². The zero-order chi connectivity index (χ0) is 30.4. The van der Waals surface area contributed by atoms with Gasteiger partial charge in [0.2, 0.25) is 0 Å². The number of aromatic nitrogens is 5. The Balaban J connectivity index is 0. The van der Waals surface area contributed by atoms with Crippen molar-refractivity contribution in [3.05, 3.63) is 84.7 Å². The summed E-state index contributed by atoms with van der Waals surface area (Å²) in [7, 11) is 0. The molecule has 1 aromatic carbocycles. The molecular weight excluding hydrogens is 486 g/mol. The minimum atomic E-state index is 0.00153. The largest absolute Gasteiger partial charge is 0.307 e. The van der Waals surface area contributed by atoms with E-state index in [2.05, 4.69) is 42.3 Å². The van der Waals surface area contributed by atoms with Crippen molar-refractivity contribution in [3.8, 4) is 16.8 Å². The predicted molar refractivity (Wildman–Crippen MR) is 165 cm³/mol. The van der Waals surface area contributed by atoms with Crippen LogP contribution in [0, 0.1) is 13.8 Å². The van der Waals surface area contributed by atoms with Crippen LogP contribution in [0.4, 0.5) is 0 Å². The van der Waals surface area contributed by atoms with E-state index in [9.17, 15) is 4.79 Å². The summed E-state index contributed by atoms with van der Waals surface area (Å²) in [6, 6.07) is 9.97. The molecule has 0 fully saturated rings. The van der Waals surface area contributed by atoms with Crippen LogP contribution < -0.4 is 0 Å². The number of hydrogen-bond donors (Lipinski definition) is 1. The predicted octanol–water partition coefficient (Wildman–Crippen LogP) is 8.56. The molecule has 0 saturated heterocycles. The fraction of sp³-hybridized carbons (Fsp3) is 0.406. The van der Waals surface area contributed by atoms with Gasteiger partial charge in [-0.25, -0.2) is 4.68 Å². The molecule has 2 heterocycles. The second-order valence-corrected chi connectivity index (χ2v) is 7.83. The van der Waals surface area contributed by atoms with Gasteiger partial charge in [0.05, 0.1) is 29.3 Å². The number of nitrogens with zero attached hydrogens (tertiary/aromatic N) is 4. The molecule has 1 N–H and O–H groups in total. The third kappa shape index (κ3) is 11.2. The van der Waals surface area contributed by atoms with Crippen LogP contribution in [-0.4, -0.2) is 37.5 Å². The molecule has 2 aromatic heterocycles. The average molecular weight is 536 g/mol. The quantitative estimate of drug-likeness (QED) is 0.241. The van der Waals surface area contributed by atoms with Crippen LogP contribution in [-0.2, 0) is 4.79 Å². The Morgan fingerprint density at radius 1 is 1.00 bits per heavy atom. The van der Waals surface area contributed by atoms with Crippen molar-refractivity contribution in [1.82, 2.24) is 25.0 Å². The number of H-pyrrole nitrogens is 1. The Hall–Kier alpha value is -3.87. The number of carbonyl (C=O) groups is 2. The molecule has 7 nitrogen and oxygen atoms in total. The lowest BCUT2D eigenvalue weighted by molar-refractivity contribution is -0.0980. The number of Topliss-reactive ketones (excluding diaryl/α,β-unsaturated/α-hetero) is 1.